The molecule has 4 N–H and O–H groups in total. The number of nitrogens with zero attached hydrogens (tertiary/aromatic N) is 3. The van der Waals surface area contributed by atoms with Gasteiger partial charge in [0.05, 0.1) is 17.0 Å². The van der Waals surface area contributed by atoms with Gasteiger partial charge in [0, 0.05) is 5.69 Å². The van der Waals surface area contributed by atoms with Crippen LogP contribution < -0.4 is 5.73 Å². The minimum atomic E-state index is -0.154. The van der Waals surface area contributed by atoms with Gasteiger partial charge in [-0.05, 0) is 23.8 Å². The van der Waals surface area contributed by atoms with Crippen LogP contribution in [-0.2, 0) is 0 Å². The van der Waals surface area contributed by atoms with Crippen LogP contribution in [0.3, 0.4) is 0 Å². The second kappa shape index (κ2) is 3.99. The highest BCUT2D eigenvalue weighted by molar-refractivity contribution is 5.87. The predicted molar refractivity (Wildman–Crippen MR) is 70.1 cm³/mol. The Morgan fingerprint density at radius 1 is 1.21 bits per heavy atom. The Kier molecular flexibility index (Phi) is 2.32. The summed E-state index contributed by atoms with van der Waals surface area (Å²) >= 11 is 0. The van der Waals surface area contributed by atoms with Gasteiger partial charge in [-0.3, -0.25) is 0 Å². The van der Waals surface area contributed by atoms with Crippen molar-refractivity contribution in [3.63, 3.8) is 0 Å². The normalized spacial score (nSPS) is 10.5. The first-order valence-electron chi connectivity index (χ1n) is 5.53. The van der Waals surface area contributed by atoms with Crippen molar-refractivity contribution in [1.29, 1.82) is 5.26 Å². The van der Waals surface area contributed by atoms with E-state index >= 15 is 0 Å². The lowest BCUT2D eigenvalue weighted by Crippen LogP contribution is -1.94. The number of hydrogen-bond acceptors (Lipinski definition) is 5. The molecule has 0 saturated heterocycles. The number of aromatic nitrogens is 3. The predicted octanol–water partition coefficient (Wildman–Crippen LogP) is 1.78. The molecule has 3 rings (SSSR count). The fraction of sp³-hybridized carbons (Fsp3) is 0. The van der Waals surface area contributed by atoms with Crippen LogP contribution in [0.4, 0.5) is 5.95 Å². The largest absolute Gasteiger partial charge is 0.493 e. The molecule has 0 aliphatic heterocycles. The molecule has 2 aromatic heterocycles. The fourth-order valence-corrected chi connectivity index (χ4v) is 1.89. The number of nitrogen functional groups attached to an aromatic ring is 1. The number of nitrogens with two attached hydrogens (primary N) is 1. The van der Waals surface area contributed by atoms with Crippen molar-refractivity contribution in [2.24, 2.45) is 0 Å². The molecule has 19 heavy (non-hydrogen) atoms. The topological polar surface area (TPSA) is 112 Å². The Hall–Kier alpha value is -3.07. The van der Waals surface area contributed by atoms with Crippen molar-refractivity contribution in [2.45, 2.75) is 0 Å². The van der Waals surface area contributed by atoms with Crippen LogP contribution in [0.2, 0.25) is 0 Å². The maximum absolute atomic E-state index is 9.70. The zero-order valence-electron chi connectivity index (χ0n) is 9.75. The molecule has 0 atom stereocenters. The molecular weight excluding hydrogens is 242 g/mol. The molecule has 0 spiro atoms. The molecule has 0 unspecified atom stereocenters. The number of nitriles is 1. The van der Waals surface area contributed by atoms with Crippen LogP contribution in [-0.4, -0.2) is 20.1 Å². The highest BCUT2D eigenvalue weighted by Crippen LogP contribution is 2.28. The van der Waals surface area contributed by atoms with Gasteiger partial charge in [-0.15, -0.1) is 0 Å². The first-order valence-corrected chi connectivity index (χ1v) is 5.53. The quantitative estimate of drug-likeness (QED) is 0.610. The molecule has 92 valence electrons. The van der Waals surface area contributed by atoms with Crippen molar-refractivity contribution in [3.8, 4) is 23.2 Å². The number of fused-ring (bicyclic) bond motifs is 1. The summed E-state index contributed by atoms with van der Waals surface area (Å²) in [5, 5.41) is 19.0. The van der Waals surface area contributed by atoms with Crippen LogP contribution in [0.15, 0.2) is 30.3 Å². The van der Waals surface area contributed by atoms with Gasteiger partial charge < -0.3 is 15.8 Å². The Balaban J connectivity index is 2.15. The van der Waals surface area contributed by atoms with Gasteiger partial charge in [0.2, 0.25) is 11.8 Å². The van der Waals surface area contributed by atoms with E-state index in [1.807, 2.05) is 12.1 Å². The van der Waals surface area contributed by atoms with Gasteiger partial charge >= 0.3 is 0 Å². The van der Waals surface area contributed by atoms with E-state index in [9.17, 15) is 5.11 Å². The smallest absolute Gasteiger partial charge is 0.225 e. The maximum Gasteiger partial charge on any atom is 0.225 e. The van der Waals surface area contributed by atoms with E-state index in [0.29, 0.717) is 16.6 Å². The van der Waals surface area contributed by atoms with E-state index < -0.39 is 0 Å². The molecule has 0 amide bonds. The van der Waals surface area contributed by atoms with Crippen molar-refractivity contribution >= 4 is 17.0 Å². The molecule has 2 heterocycles. The molecule has 0 aliphatic carbocycles. The summed E-state index contributed by atoms with van der Waals surface area (Å²) in [6.45, 7) is 0. The molecule has 6 nitrogen and oxygen atoms in total. The van der Waals surface area contributed by atoms with Crippen molar-refractivity contribution < 1.29 is 5.11 Å². The third kappa shape index (κ3) is 1.83. The Labute approximate surface area is 108 Å². The second-order valence-electron chi connectivity index (χ2n) is 4.04. The van der Waals surface area contributed by atoms with E-state index in [0.717, 1.165) is 11.3 Å². The summed E-state index contributed by atoms with van der Waals surface area (Å²) in [5.74, 6) is -0.142. The lowest BCUT2D eigenvalue weighted by molar-refractivity contribution is 0.460. The average molecular weight is 251 g/mol. The van der Waals surface area contributed by atoms with E-state index in [-0.39, 0.29) is 11.8 Å². The molecular formula is C13H9N5O. The summed E-state index contributed by atoms with van der Waals surface area (Å²) in [4.78, 5) is 10.8. The van der Waals surface area contributed by atoms with Crippen molar-refractivity contribution in [1.82, 2.24) is 15.0 Å². The van der Waals surface area contributed by atoms with Crippen LogP contribution >= 0.6 is 0 Å². The molecule has 0 aliphatic rings. The van der Waals surface area contributed by atoms with Crippen molar-refractivity contribution in [2.75, 3.05) is 5.73 Å². The first-order chi connectivity index (χ1) is 9.17. The molecule has 0 bridgehead atoms. The molecule has 0 radical (unpaired) electrons. The minimum absolute atomic E-state index is 0.0122. The highest BCUT2D eigenvalue weighted by Gasteiger charge is 2.10. The Morgan fingerprint density at radius 3 is 2.63 bits per heavy atom. The second-order valence-corrected chi connectivity index (χ2v) is 4.04. The summed E-state index contributed by atoms with van der Waals surface area (Å²) in [7, 11) is 0. The van der Waals surface area contributed by atoms with Gasteiger partial charge in [0.25, 0.3) is 0 Å². The van der Waals surface area contributed by atoms with E-state index in [1.165, 1.54) is 0 Å². The first kappa shape index (κ1) is 11.0. The highest BCUT2D eigenvalue weighted by atomic mass is 16.3. The van der Waals surface area contributed by atoms with Gasteiger partial charge in [-0.1, -0.05) is 12.1 Å². The number of nitrogens with one attached hydrogen (secondary N) is 1. The fourth-order valence-electron chi connectivity index (χ4n) is 1.89. The van der Waals surface area contributed by atoms with Crippen molar-refractivity contribution in [3.05, 3.63) is 35.9 Å². The van der Waals surface area contributed by atoms with Crippen LogP contribution in [0.5, 0.6) is 5.88 Å². The Morgan fingerprint density at radius 2 is 1.95 bits per heavy atom. The third-order valence-electron chi connectivity index (χ3n) is 2.81. The number of anilines is 1. The number of H-pyrrole nitrogens is 1. The van der Waals surface area contributed by atoms with Crippen LogP contribution in [0.1, 0.15) is 5.56 Å². The summed E-state index contributed by atoms with van der Waals surface area (Å²) in [5.41, 5.74) is 8.20. The number of aromatic amines is 1. The zero-order valence-corrected chi connectivity index (χ0v) is 9.75. The van der Waals surface area contributed by atoms with E-state index in [4.69, 9.17) is 11.0 Å². The maximum atomic E-state index is 9.70. The lowest BCUT2D eigenvalue weighted by atomic mass is 10.1. The molecule has 0 saturated carbocycles. The number of rotatable bonds is 1. The van der Waals surface area contributed by atoms with E-state index in [1.54, 1.807) is 18.2 Å². The van der Waals surface area contributed by atoms with Gasteiger partial charge in [0.15, 0.2) is 0 Å². The third-order valence-corrected chi connectivity index (χ3v) is 2.81. The molecule has 1 aromatic carbocycles. The SMILES string of the molecule is N#Cc1ccc(-c2cc3c(O)nc(N)nc3[nH]2)cc1. The molecule has 3 aromatic rings. The van der Waals surface area contributed by atoms with Gasteiger partial charge in [0.1, 0.15) is 5.65 Å². The number of benzene rings is 1. The number of aromatic hydroxyl groups is 1. The summed E-state index contributed by atoms with van der Waals surface area (Å²) in [6, 6.07) is 10.9. The summed E-state index contributed by atoms with van der Waals surface area (Å²) in [6.07, 6.45) is 0. The van der Waals surface area contributed by atoms with Gasteiger partial charge in [-0.25, -0.2) is 0 Å². The number of hydrogen-bond donors (Lipinski definition) is 3. The van der Waals surface area contributed by atoms with Gasteiger partial charge in [-0.2, -0.15) is 15.2 Å². The molecule has 0 fully saturated rings. The molecule has 6 heteroatoms. The average Bonchev–Trinajstić information content (AvgIpc) is 2.83. The summed E-state index contributed by atoms with van der Waals surface area (Å²) < 4.78 is 0. The zero-order chi connectivity index (χ0) is 13.4. The van der Waals surface area contributed by atoms with Crippen LogP contribution in [0.25, 0.3) is 22.3 Å². The monoisotopic (exact) mass is 251 g/mol. The Bertz CT molecular complexity index is 798. The minimum Gasteiger partial charge on any atom is -0.493 e. The van der Waals surface area contributed by atoms with Crippen LogP contribution in [0, 0.1) is 11.3 Å². The van der Waals surface area contributed by atoms with E-state index in [2.05, 4.69) is 21.0 Å². The lowest BCUT2D eigenvalue weighted by Gasteiger charge is -1.96. The standard InChI is InChI=1S/C13H9N5O/c14-6-7-1-3-8(4-2-7)10-5-9-11(16-10)17-13(15)18-12(9)19/h1-5H,(H4,15,16,17,18,19).